The average Bonchev–Trinajstić information content (AvgIpc) is 2.67. The number of sulfonamides is 1. The van der Waals surface area contributed by atoms with E-state index in [0.29, 0.717) is 16.4 Å². The highest BCUT2D eigenvalue weighted by atomic mass is 35.5. The lowest BCUT2D eigenvalue weighted by molar-refractivity contribution is 0.599. The monoisotopic (exact) mass is 306 g/mol. The van der Waals surface area contributed by atoms with Crippen LogP contribution in [0.3, 0.4) is 0 Å². The lowest BCUT2D eigenvalue weighted by atomic mass is 10.1. The fraction of sp³-hybridized carbons (Fsp3) is 0.0714. The molecule has 1 heterocycles. The van der Waals surface area contributed by atoms with Crippen molar-refractivity contribution in [3.63, 3.8) is 0 Å². The highest BCUT2D eigenvalue weighted by Crippen LogP contribution is 2.29. The Labute approximate surface area is 122 Å². The number of fused-ring (bicyclic) bond motifs is 1. The number of rotatable bonds is 1. The van der Waals surface area contributed by atoms with Gasteiger partial charge in [0.1, 0.15) is 4.90 Å². The summed E-state index contributed by atoms with van der Waals surface area (Å²) < 4.78 is 27.7. The van der Waals surface area contributed by atoms with Crippen LogP contribution in [0.1, 0.15) is 11.1 Å². The van der Waals surface area contributed by atoms with Gasteiger partial charge in [-0.3, -0.25) is 0 Å². The lowest BCUT2D eigenvalue weighted by Gasteiger charge is -2.10. The molecule has 4 nitrogen and oxygen atoms in total. The molecule has 2 aromatic rings. The molecule has 1 N–H and O–H groups in total. The molecule has 0 atom stereocenters. The minimum Gasteiger partial charge on any atom is -0.339 e. The van der Waals surface area contributed by atoms with Crippen LogP contribution >= 0.6 is 11.6 Å². The minimum atomic E-state index is -3.61. The van der Waals surface area contributed by atoms with Crippen LogP contribution < -0.4 is 5.32 Å². The van der Waals surface area contributed by atoms with E-state index in [0.717, 1.165) is 11.3 Å². The van der Waals surface area contributed by atoms with Crippen molar-refractivity contribution in [2.75, 3.05) is 5.32 Å². The van der Waals surface area contributed by atoms with E-state index in [4.69, 9.17) is 11.6 Å². The third-order valence-electron chi connectivity index (χ3n) is 3.15. The summed E-state index contributed by atoms with van der Waals surface area (Å²) in [5.41, 5.74) is 2.16. The van der Waals surface area contributed by atoms with Crippen LogP contribution in [0, 0.1) is 6.92 Å². The molecular weight excluding hydrogens is 296 g/mol. The fourth-order valence-electron chi connectivity index (χ4n) is 2.07. The Morgan fingerprint density at radius 2 is 1.85 bits per heavy atom. The van der Waals surface area contributed by atoms with Crippen LogP contribution in [0.15, 0.2) is 51.8 Å². The fourth-order valence-corrected chi connectivity index (χ4v) is 3.42. The first-order valence-corrected chi connectivity index (χ1v) is 7.77. The van der Waals surface area contributed by atoms with Gasteiger partial charge in [-0.05, 0) is 36.8 Å². The molecule has 0 spiro atoms. The molecule has 0 amide bonds. The highest BCUT2D eigenvalue weighted by molar-refractivity contribution is 7.90. The lowest BCUT2D eigenvalue weighted by Crippen LogP contribution is -2.12. The predicted octanol–water partition coefficient (Wildman–Crippen LogP) is 3.21. The zero-order valence-corrected chi connectivity index (χ0v) is 12.2. The Bertz CT molecular complexity index is 829. The van der Waals surface area contributed by atoms with Crippen molar-refractivity contribution in [3.8, 4) is 0 Å². The molecule has 1 aliphatic heterocycles. The van der Waals surface area contributed by atoms with E-state index >= 15 is 0 Å². The average molecular weight is 307 g/mol. The first kappa shape index (κ1) is 13.1. The third kappa shape index (κ3) is 2.09. The van der Waals surface area contributed by atoms with Crippen LogP contribution in [0.2, 0.25) is 5.02 Å². The van der Waals surface area contributed by atoms with E-state index in [1.807, 2.05) is 13.0 Å². The van der Waals surface area contributed by atoms with Gasteiger partial charge in [0.25, 0.3) is 10.0 Å². The maximum Gasteiger partial charge on any atom is 0.285 e. The first-order valence-electron chi connectivity index (χ1n) is 5.95. The van der Waals surface area contributed by atoms with Gasteiger partial charge in [-0.1, -0.05) is 29.8 Å². The first-order chi connectivity index (χ1) is 9.49. The molecule has 102 valence electrons. The van der Waals surface area contributed by atoms with Crippen LogP contribution in [-0.4, -0.2) is 14.3 Å². The Morgan fingerprint density at radius 1 is 1.10 bits per heavy atom. The number of nitrogens with one attached hydrogen (secondary N) is 1. The smallest absolute Gasteiger partial charge is 0.285 e. The van der Waals surface area contributed by atoms with Crippen LogP contribution in [0.25, 0.3) is 0 Å². The van der Waals surface area contributed by atoms with Crippen molar-refractivity contribution < 1.29 is 8.42 Å². The van der Waals surface area contributed by atoms with Crippen molar-refractivity contribution in [2.24, 2.45) is 4.40 Å². The standard InChI is InChI=1S/C14H11ClN2O2S/c1-9-11(15)6-4-7-12(9)16-14-10-5-2-3-8-13(10)20(18,19)17-14/h2-8H,1H3,(H,16,17). The summed E-state index contributed by atoms with van der Waals surface area (Å²) in [5, 5.41) is 3.66. The topological polar surface area (TPSA) is 58.5 Å². The summed E-state index contributed by atoms with van der Waals surface area (Å²) in [6, 6.07) is 12.1. The largest absolute Gasteiger partial charge is 0.339 e. The predicted molar refractivity (Wildman–Crippen MR) is 80.0 cm³/mol. The molecule has 20 heavy (non-hydrogen) atoms. The van der Waals surface area contributed by atoms with E-state index in [2.05, 4.69) is 9.71 Å². The number of amidine groups is 1. The van der Waals surface area contributed by atoms with E-state index < -0.39 is 10.0 Å². The zero-order chi connectivity index (χ0) is 14.3. The molecule has 2 aromatic carbocycles. The second kappa shape index (κ2) is 4.61. The van der Waals surface area contributed by atoms with Gasteiger partial charge in [0.15, 0.2) is 5.84 Å². The Balaban J connectivity index is 2.07. The van der Waals surface area contributed by atoms with Gasteiger partial charge in [0.2, 0.25) is 0 Å². The van der Waals surface area contributed by atoms with E-state index in [-0.39, 0.29) is 4.90 Å². The van der Waals surface area contributed by atoms with Gasteiger partial charge in [-0.15, -0.1) is 4.40 Å². The summed E-state index contributed by atoms with van der Waals surface area (Å²) >= 11 is 6.06. The molecule has 0 unspecified atom stereocenters. The van der Waals surface area contributed by atoms with Crippen molar-refractivity contribution in [2.45, 2.75) is 11.8 Å². The Hall–Kier alpha value is -1.85. The number of nitrogens with zero attached hydrogens (tertiary/aromatic N) is 1. The molecule has 1 aliphatic rings. The van der Waals surface area contributed by atoms with Crippen molar-refractivity contribution >= 4 is 33.1 Å². The SMILES string of the molecule is Cc1c(Cl)cccc1NC1=NS(=O)(=O)c2ccccc21. The molecular formula is C14H11ClN2O2S. The van der Waals surface area contributed by atoms with Gasteiger partial charge >= 0.3 is 0 Å². The summed E-state index contributed by atoms with van der Waals surface area (Å²) in [5.74, 6) is 0.325. The summed E-state index contributed by atoms with van der Waals surface area (Å²) in [4.78, 5) is 0.224. The molecule has 0 bridgehead atoms. The van der Waals surface area contributed by atoms with Gasteiger partial charge < -0.3 is 5.32 Å². The van der Waals surface area contributed by atoms with Gasteiger partial charge in [0.05, 0.1) is 0 Å². The summed E-state index contributed by atoms with van der Waals surface area (Å²) in [6.45, 7) is 1.86. The van der Waals surface area contributed by atoms with E-state index in [1.165, 1.54) is 0 Å². The zero-order valence-electron chi connectivity index (χ0n) is 10.6. The van der Waals surface area contributed by atoms with Crippen LogP contribution in [0.5, 0.6) is 0 Å². The number of hydrogen-bond acceptors (Lipinski definition) is 3. The van der Waals surface area contributed by atoms with Crippen molar-refractivity contribution in [3.05, 3.63) is 58.6 Å². The molecule has 0 radical (unpaired) electrons. The van der Waals surface area contributed by atoms with Gasteiger partial charge in [-0.25, -0.2) is 0 Å². The molecule has 3 rings (SSSR count). The molecule has 0 saturated carbocycles. The molecule has 0 aliphatic carbocycles. The van der Waals surface area contributed by atoms with E-state index in [9.17, 15) is 8.42 Å². The Morgan fingerprint density at radius 3 is 2.65 bits per heavy atom. The third-order valence-corrected chi connectivity index (χ3v) is 4.90. The highest BCUT2D eigenvalue weighted by Gasteiger charge is 2.28. The van der Waals surface area contributed by atoms with Crippen LogP contribution in [0.4, 0.5) is 5.69 Å². The van der Waals surface area contributed by atoms with Crippen molar-refractivity contribution in [1.29, 1.82) is 0 Å². The number of benzene rings is 2. The number of hydrogen-bond donors (Lipinski definition) is 1. The van der Waals surface area contributed by atoms with Crippen LogP contribution in [-0.2, 0) is 10.0 Å². The molecule has 0 aromatic heterocycles. The maximum atomic E-state index is 12.0. The van der Waals surface area contributed by atoms with E-state index in [1.54, 1.807) is 36.4 Å². The van der Waals surface area contributed by atoms with Gasteiger partial charge in [0, 0.05) is 16.3 Å². The maximum absolute atomic E-state index is 12.0. The van der Waals surface area contributed by atoms with Crippen molar-refractivity contribution in [1.82, 2.24) is 0 Å². The normalized spacial score (nSPS) is 15.6. The van der Waals surface area contributed by atoms with Gasteiger partial charge in [-0.2, -0.15) is 8.42 Å². The number of halogens is 1. The minimum absolute atomic E-state index is 0.224. The molecule has 6 heteroatoms. The second-order valence-electron chi connectivity index (χ2n) is 4.45. The number of anilines is 1. The summed E-state index contributed by atoms with van der Waals surface area (Å²) in [7, 11) is -3.61. The quantitative estimate of drug-likeness (QED) is 0.880. The Kier molecular flexibility index (Phi) is 3.03. The second-order valence-corrected chi connectivity index (χ2v) is 6.43. The molecule has 0 fully saturated rings. The summed E-state index contributed by atoms with van der Waals surface area (Å²) in [6.07, 6.45) is 0. The molecule has 0 saturated heterocycles.